The largest absolute Gasteiger partial charge is 0.298 e. The Morgan fingerprint density at radius 2 is 2.00 bits per heavy atom. The number of benzene rings is 1. The molecule has 0 aliphatic rings. The summed E-state index contributed by atoms with van der Waals surface area (Å²) in [5.41, 5.74) is 0.386. The third kappa shape index (κ3) is 1.78. The molecule has 4 nitrogen and oxygen atoms in total. The molecule has 0 amide bonds. The van der Waals surface area contributed by atoms with Crippen LogP contribution in [0.2, 0.25) is 0 Å². The molecule has 0 saturated carbocycles. The van der Waals surface area contributed by atoms with Crippen LogP contribution in [0.5, 0.6) is 0 Å². The van der Waals surface area contributed by atoms with E-state index in [1.165, 1.54) is 6.20 Å². The monoisotopic (exact) mass is 229 g/mol. The smallest absolute Gasteiger partial charge is 0.269 e. The highest BCUT2D eigenvalue weighted by Crippen LogP contribution is 2.06. The van der Waals surface area contributed by atoms with Gasteiger partial charge in [-0.25, -0.2) is 0 Å². The van der Waals surface area contributed by atoms with Gasteiger partial charge >= 0.3 is 0 Å². The lowest BCUT2D eigenvalue weighted by atomic mass is 10.3. The molecule has 2 aromatic rings. The maximum absolute atomic E-state index is 11.3. The van der Waals surface area contributed by atoms with Crippen molar-refractivity contribution < 1.29 is 0 Å². The molecule has 1 N–H and O–H groups in total. The average Bonchev–Trinajstić information content (AvgIpc) is 2.30. The van der Waals surface area contributed by atoms with E-state index in [-0.39, 0.29) is 10.3 Å². The predicted octanol–water partition coefficient (Wildman–Crippen LogP) is 1.77. The first-order valence-corrected chi connectivity index (χ1v) is 4.94. The van der Waals surface area contributed by atoms with Gasteiger partial charge in [0.2, 0.25) is 0 Å². The lowest BCUT2D eigenvalue weighted by molar-refractivity contribution is 0.929. The van der Waals surface area contributed by atoms with Crippen molar-refractivity contribution in [3.05, 3.63) is 57.2 Å². The molecule has 1 aromatic heterocycles. The molecule has 0 saturated heterocycles. The summed E-state index contributed by atoms with van der Waals surface area (Å²) in [5, 5.41) is 8.76. The Labute approximate surface area is 96.4 Å². The van der Waals surface area contributed by atoms with Crippen molar-refractivity contribution in [3.8, 4) is 11.8 Å². The minimum Gasteiger partial charge on any atom is -0.298 e. The Balaban J connectivity index is 2.73. The summed E-state index contributed by atoms with van der Waals surface area (Å²) in [6.45, 7) is 0. The zero-order valence-corrected chi connectivity index (χ0v) is 8.99. The van der Waals surface area contributed by atoms with Gasteiger partial charge in [0.1, 0.15) is 11.6 Å². The van der Waals surface area contributed by atoms with Crippen LogP contribution in [0.25, 0.3) is 5.69 Å². The molecular weight excluding hydrogens is 222 g/mol. The minimum atomic E-state index is -0.459. The number of nitriles is 1. The Morgan fingerprint density at radius 1 is 1.31 bits per heavy atom. The minimum absolute atomic E-state index is 0.0393. The zero-order valence-electron chi connectivity index (χ0n) is 8.18. The van der Waals surface area contributed by atoms with Crippen molar-refractivity contribution in [1.29, 1.82) is 5.26 Å². The number of hydrogen-bond acceptors (Lipinski definition) is 3. The number of aromatic nitrogens is 2. The fourth-order valence-electron chi connectivity index (χ4n) is 1.33. The van der Waals surface area contributed by atoms with Crippen molar-refractivity contribution in [3.63, 3.8) is 0 Å². The molecule has 0 aliphatic carbocycles. The Bertz CT molecular complexity index is 664. The van der Waals surface area contributed by atoms with Crippen molar-refractivity contribution in [2.45, 2.75) is 0 Å². The summed E-state index contributed by atoms with van der Waals surface area (Å²) >= 11 is 5.03. The Hall–Kier alpha value is -2.19. The molecule has 0 unspecified atom stereocenters. The summed E-state index contributed by atoms with van der Waals surface area (Å²) in [5.74, 6) is 0. The van der Waals surface area contributed by atoms with Gasteiger partial charge in [-0.05, 0) is 24.4 Å². The maximum Gasteiger partial charge on any atom is 0.269 e. The van der Waals surface area contributed by atoms with Crippen LogP contribution in [-0.4, -0.2) is 9.55 Å². The molecule has 0 aliphatic heterocycles. The molecule has 0 radical (unpaired) electrons. The van der Waals surface area contributed by atoms with Crippen LogP contribution in [0.15, 0.2) is 41.3 Å². The highest BCUT2D eigenvalue weighted by molar-refractivity contribution is 7.71. The number of para-hydroxylation sites is 1. The maximum atomic E-state index is 11.3. The van der Waals surface area contributed by atoms with Crippen LogP contribution in [0.4, 0.5) is 0 Å². The molecular formula is C11H7N3OS. The van der Waals surface area contributed by atoms with E-state index in [1.54, 1.807) is 4.57 Å². The normalized spacial score (nSPS) is 9.69. The summed E-state index contributed by atoms with van der Waals surface area (Å²) in [7, 11) is 0. The first kappa shape index (κ1) is 10.3. The second-order valence-corrected chi connectivity index (χ2v) is 3.51. The van der Waals surface area contributed by atoms with E-state index >= 15 is 0 Å². The molecule has 1 aromatic carbocycles. The van der Waals surface area contributed by atoms with E-state index in [0.717, 1.165) is 5.69 Å². The number of nitrogens with zero attached hydrogens (tertiary/aromatic N) is 2. The van der Waals surface area contributed by atoms with Crippen molar-refractivity contribution in [1.82, 2.24) is 9.55 Å². The zero-order chi connectivity index (χ0) is 11.5. The summed E-state index contributed by atoms with van der Waals surface area (Å²) in [4.78, 5) is 13.8. The van der Waals surface area contributed by atoms with Crippen molar-refractivity contribution >= 4 is 12.2 Å². The molecule has 16 heavy (non-hydrogen) atoms. The van der Waals surface area contributed by atoms with Gasteiger partial charge < -0.3 is 0 Å². The van der Waals surface area contributed by atoms with Gasteiger partial charge in [-0.1, -0.05) is 18.2 Å². The van der Waals surface area contributed by atoms with E-state index in [9.17, 15) is 4.79 Å². The first-order chi connectivity index (χ1) is 7.72. The van der Waals surface area contributed by atoms with E-state index in [2.05, 4.69) is 4.98 Å². The van der Waals surface area contributed by atoms with Crippen LogP contribution in [0, 0.1) is 16.1 Å². The van der Waals surface area contributed by atoms with Gasteiger partial charge in [0, 0.05) is 11.9 Å². The molecule has 1 heterocycles. The quantitative estimate of drug-likeness (QED) is 0.758. The number of hydrogen-bond donors (Lipinski definition) is 1. The molecule has 0 spiro atoms. The van der Waals surface area contributed by atoms with E-state index < -0.39 is 5.56 Å². The van der Waals surface area contributed by atoms with Crippen LogP contribution < -0.4 is 5.56 Å². The molecule has 5 heteroatoms. The third-order valence-corrected chi connectivity index (χ3v) is 2.40. The average molecular weight is 229 g/mol. The highest BCUT2D eigenvalue weighted by atomic mass is 32.1. The number of rotatable bonds is 1. The van der Waals surface area contributed by atoms with Gasteiger partial charge in [0.25, 0.3) is 5.56 Å². The standard InChI is InChI=1S/C11H7N3OS/c12-6-8-7-14(11(16)13-10(8)15)9-4-2-1-3-5-9/h1-5,7H,(H,13,15,16). The fraction of sp³-hybridized carbons (Fsp3) is 0. The fourth-order valence-corrected chi connectivity index (χ4v) is 1.58. The van der Waals surface area contributed by atoms with Crippen LogP contribution >= 0.6 is 12.2 Å². The number of H-pyrrole nitrogens is 1. The van der Waals surface area contributed by atoms with Crippen LogP contribution in [-0.2, 0) is 0 Å². The lowest BCUT2D eigenvalue weighted by Crippen LogP contribution is -2.15. The molecule has 0 atom stereocenters. The second kappa shape index (κ2) is 4.13. The topological polar surface area (TPSA) is 61.6 Å². The van der Waals surface area contributed by atoms with Gasteiger partial charge in [-0.15, -0.1) is 0 Å². The van der Waals surface area contributed by atoms with Crippen LogP contribution in [0.1, 0.15) is 5.56 Å². The summed E-state index contributed by atoms with van der Waals surface area (Å²) < 4.78 is 1.87. The van der Waals surface area contributed by atoms with Gasteiger partial charge in [0.05, 0.1) is 0 Å². The van der Waals surface area contributed by atoms with E-state index in [1.807, 2.05) is 36.4 Å². The summed E-state index contributed by atoms with van der Waals surface area (Å²) in [6.07, 6.45) is 1.44. The Morgan fingerprint density at radius 3 is 2.62 bits per heavy atom. The van der Waals surface area contributed by atoms with E-state index in [4.69, 9.17) is 17.5 Å². The predicted molar refractivity (Wildman–Crippen MR) is 61.9 cm³/mol. The van der Waals surface area contributed by atoms with Gasteiger partial charge in [-0.2, -0.15) is 5.26 Å². The number of aromatic amines is 1. The third-order valence-electron chi connectivity index (χ3n) is 2.10. The Kier molecular flexibility index (Phi) is 2.66. The molecule has 2 rings (SSSR count). The molecule has 0 fully saturated rings. The van der Waals surface area contributed by atoms with Crippen molar-refractivity contribution in [2.24, 2.45) is 0 Å². The van der Waals surface area contributed by atoms with Gasteiger partial charge in [0.15, 0.2) is 4.77 Å². The van der Waals surface area contributed by atoms with Gasteiger partial charge in [-0.3, -0.25) is 14.3 Å². The highest BCUT2D eigenvalue weighted by Gasteiger charge is 2.02. The van der Waals surface area contributed by atoms with Crippen LogP contribution in [0.3, 0.4) is 0 Å². The molecule has 0 bridgehead atoms. The second-order valence-electron chi connectivity index (χ2n) is 3.12. The first-order valence-electron chi connectivity index (χ1n) is 4.54. The molecule has 78 valence electrons. The SMILES string of the molecule is N#Cc1cn(-c2ccccc2)c(=S)[nH]c1=O. The lowest BCUT2D eigenvalue weighted by Gasteiger charge is -2.05. The number of nitrogens with one attached hydrogen (secondary N) is 1. The summed E-state index contributed by atoms with van der Waals surface area (Å²) in [6, 6.07) is 11.1. The van der Waals surface area contributed by atoms with Crippen molar-refractivity contribution in [2.75, 3.05) is 0 Å². The van der Waals surface area contributed by atoms with E-state index in [0.29, 0.717) is 0 Å².